The smallest absolute Gasteiger partial charge is 0.200 e. The number of aromatic nitrogens is 4. The first kappa shape index (κ1) is 6.02. The van der Waals surface area contributed by atoms with E-state index in [2.05, 4.69) is 42.8 Å². The summed E-state index contributed by atoms with van der Waals surface area (Å²) in [5.74, 6) is 0. The molecular formula is C5H3IN4. The highest BCUT2D eigenvalue weighted by atomic mass is 127. The molecule has 2 aromatic rings. The average Bonchev–Trinajstić information content (AvgIpc) is 2.34. The van der Waals surface area contributed by atoms with Crippen molar-refractivity contribution in [3.63, 3.8) is 0 Å². The van der Waals surface area contributed by atoms with Gasteiger partial charge >= 0.3 is 0 Å². The highest BCUT2D eigenvalue weighted by Crippen LogP contribution is 2.10. The second-order valence-electron chi connectivity index (χ2n) is 1.77. The van der Waals surface area contributed by atoms with Crippen LogP contribution in [-0.4, -0.2) is 20.2 Å². The molecule has 1 N–H and O–H groups in total. The molecule has 0 radical (unpaired) electrons. The highest BCUT2D eigenvalue weighted by molar-refractivity contribution is 14.1. The number of halogens is 1. The number of H-pyrrole nitrogens is 1. The summed E-state index contributed by atoms with van der Waals surface area (Å²) in [7, 11) is 0. The van der Waals surface area contributed by atoms with Gasteiger partial charge in [-0.25, -0.2) is 9.97 Å². The summed E-state index contributed by atoms with van der Waals surface area (Å²) in [6, 6.07) is 0. The number of nitrogens with zero attached hydrogens (tertiary/aromatic N) is 3. The van der Waals surface area contributed by atoms with E-state index in [1.165, 1.54) is 0 Å². The fourth-order valence-electron chi connectivity index (χ4n) is 0.722. The summed E-state index contributed by atoms with van der Waals surface area (Å²) in [5.41, 5.74) is 1.51. The molecule has 2 heterocycles. The molecule has 0 saturated heterocycles. The quantitative estimate of drug-likeness (QED) is 0.704. The van der Waals surface area contributed by atoms with E-state index < -0.39 is 0 Å². The van der Waals surface area contributed by atoms with Crippen LogP contribution < -0.4 is 0 Å². The van der Waals surface area contributed by atoms with Gasteiger partial charge in [0.05, 0.1) is 0 Å². The van der Waals surface area contributed by atoms with Crippen LogP contribution in [0.2, 0.25) is 0 Å². The van der Waals surface area contributed by atoms with Crippen LogP contribution in [0.15, 0.2) is 12.4 Å². The monoisotopic (exact) mass is 246 g/mol. The minimum Gasteiger partial charge on any atom is -0.268 e. The van der Waals surface area contributed by atoms with Crippen molar-refractivity contribution < 1.29 is 0 Å². The maximum atomic E-state index is 4.08. The molecule has 0 fully saturated rings. The lowest BCUT2D eigenvalue weighted by molar-refractivity contribution is 1.08. The molecule has 50 valence electrons. The van der Waals surface area contributed by atoms with E-state index in [9.17, 15) is 0 Å². The lowest BCUT2D eigenvalue weighted by Gasteiger charge is -1.81. The van der Waals surface area contributed by atoms with Gasteiger partial charge in [-0.3, -0.25) is 5.10 Å². The third-order valence-electron chi connectivity index (χ3n) is 1.15. The Hall–Kier alpha value is -0.720. The second-order valence-corrected chi connectivity index (χ2v) is 2.84. The first-order chi connectivity index (χ1) is 4.88. The lowest BCUT2D eigenvalue weighted by atomic mass is 10.6. The van der Waals surface area contributed by atoms with Crippen LogP contribution in [0.1, 0.15) is 0 Å². The van der Waals surface area contributed by atoms with Crippen molar-refractivity contribution in [2.75, 3.05) is 0 Å². The van der Waals surface area contributed by atoms with E-state index in [1.54, 1.807) is 12.4 Å². The molecule has 2 aromatic heterocycles. The largest absolute Gasteiger partial charge is 0.268 e. The van der Waals surface area contributed by atoms with Gasteiger partial charge in [0.2, 0.25) is 5.65 Å². The van der Waals surface area contributed by atoms with Gasteiger partial charge in [-0.1, -0.05) is 0 Å². The maximum Gasteiger partial charge on any atom is 0.200 e. The molecule has 0 bridgehead atoms. The summed E-state index contributed by atoms with van der Waals surface area (Å²) in [5, 5.41) is 6.70. The highest BCUT2D eigenvalue weighted by Gasteiger charge is 2.01. The summed E-state index contributed by atoms with van der Waals surface area (Å²) in [6.45, 7) is 0. The fraction of sp³-hybridized carbons (Fsp3) is 0. The number of fused-ring (bicyclic) bond motifs is 1. The summed E-state index contributed by atoms with van der Waals surface area (Å²) < 4.78 is 0.931. The van der Waals surface area contributed by atoms with Crippen LogP contribution in [0.3, 0.4) is 0 Å². The van der Waals surface area contributed by atoms with Crippen molar-refractivity contribution in [3.8, 4) is 0 Å². The normalized spacial score (nSPS) is 10.5. The Morgan fingerprint density at radius 3 is 2.90 bits per heavy atom. The van der Waals surface area contributed by atoms with Gasteiger partial charge in [0.1, 0.15) is 9.22 Å². The van der Waals surface area contributed by atoms with Crippen molar-refractivity contribution in [3.05, 3.63) is 16.1 Å². The molecule has 2 rings (SSSR count). The molecule has 0 atom stereocenters. The average molecular weight is 246 g/mol. The zero-order valence-electron chi connectivity index (χ0n) is 4.87. The molecule has 0 unspecified atom stereocenters. The number of rotatable bonds is 0. The van der Waals surface area contributed by atoms with Crippen LogP contribution >= 0.6 is 22.6 Å². The molecule has 5 heteroatoms. The molecule has 0 amide bonds. The van der Waals surface area contributed by atoms with E-state index in [1.807, 2.05) is 0 Å². The molecule has 0 aliphatic heterocycles. The predicted octanol–water partition coefficient (Wildman–Crippen LogP) is 0.958. The Labute approximate surface area is 70.2 Å². The topological polar surface area (TPSA) is 54.5 Å². The second kappa shape index (κ2) is 2.15. The van der Waals surface area contributed by atoms with Crippen LogP contribution in [-0.2, 0) is 0 Å². The van der Waals surface area contributed by atoms with Gasteiger partial charge in [-0.2, -0.15) is 5.10 Å². The van der Waals surface area contributed by atoms with Crippen molar-refractivity contribution >= 4 is 33.8 Å². The Kier molecular flexibility index (Phi) is 1.30. The van der Waals surface area contributed by atoms with Gasteiger partial charge in [0.25, 0.3) is 0 Å². The van der Waals surface area contributed by atoms with Crippen LogP contribution in [0.25, 0.3) is 11.2 Å². The number of nitrogens with one attached hydrogen (secondary N) is 1. The van der Waals surface area contributed by atoms with Crippen molar-refractivity contribution in [2.24, 2.45) is 0 Å². The zero-order valence-corrected chi connectivity index (χ0v) is 7.03. The van der Waals surface area contributed by atoms with Crippen LogP contribution in [0.5, 0.6) is 0 Å². The molecule has 0 saturated carbocycles. The molecule has 10 heavy (non-hydrogen) atoms. The Balaban J connectivity index is 2.93. The van der Waals surface area contributed by atoms with Gasteiger partial charge in [0.15, 0.2) is 0 Å². The number of aromatic amines is 1. The SMILES string of the molecule is Ic1[nH]nc2nccnc12. The molecular weight excluding hydrogens is 243 g/mol. The summed E-state index contributed by atoms with van der Waals surface area (Å²) >= 11 is 2.13. The molecule has 0 spiro atoms. The fourth-order valence-corrected chi connectivity index (χ4v) is 1.22. The van der Waals surface area contributed by atoms with Gasteiger partial charge in [-0.15, -0.1) is 0 Å². The molecule has 0 aliphatic carbocycles. The van der Waals surface area contributed by atoms with Crippen molar-refractivity contribution in [1.82, 2.24) is 20.2 Å². The van der Waals surface area contributed by atoms with E-state index >= 15 is 0 Å². The van der Waals surface area contributed by atoms with Gasteiger partial charge in [-0.05, 0) is 22.6 Å². The maximum absolute atomic E-state index is 4.08. The molecule has 0 aromatic carbocycles. The lowest BCUT2D eigenvalue weighted by Crippen LogP contribution is -1.77. The minimum absolute atomic E-state index is 0.673. The Morgan fingerprint density at radius 1 is 1.30 bits per heavy atom. The van der Waals surface area contributed by atoms with Crippen molar-refractivity contribution in [1.29, 1.82) is 0 Å². The first-order valence-corrected chi connectivity index (χ1v) is 3.76. The van der Waals surface area contributed by atoms with Gasteiger partial charge in [0, 0.05) is 12.4 Å². The first-order valence-electron chi connectivity index (χ1n) is 2.68. The van der Waals surface area contributed by atoms with E-state index in [4.69, 9.17) is 0 Å². The summed E-state index contributed by atoms with van der Waals surface area (Å²) in [4.78, 5) is 8.07. The van der Waals surface area contributed by atoms with E-state index in [-0.39, 0.29) is 0 Å². The summed E-state index contributed by atoms with van der Waals surface area (Å²) in [6.07, 6.45) is 3.28. The molecule has 4 nitrogen and oxygen atoms in total. The predicted molar refractivity (Wildman–Crippen MR) is 44.4 cm³/mol. The number of hydrogen-bond donors (Lipinski definition) is 1. The Morgan fingerprint density at radius 2 is 2.10 bits per heavy atom. The van der Waals surface area contributed by atoms with Gasteiger partial charge < -0.3 is 0 Å². The Bertz CT molecular complexity index is 355. The van der Waals surface area contributed by atoms with Crippen molar-refractivity contribution in [2.45, 2.75) is 0 Å². The zero-order chi connectivity index (χ0) is 6.97. The third kappa shape index (κ3) is 0.772. The standard InChI is InChI=1S/C5H3IN4/c6-4-3-5(10-9-4)8-2-1-7-3/h1-2H,(H,8,9,10). The molecule has 0 aliphatic rings. The third-order valence-corrected chi connectivity index (χ3v) is 1.90. The van der Waals surface area contributed by atoms with E-state index in [0.29, 0.717) is 5.65 Å². The van der Waals surface area contributed by atoms with Crippen LogP contribution in [0.4, 0.5) is 0 Å². The van der Waals surface area contributed by atoms with Crippen LogP contribution in [0, 0.1) is 3.70 Å². The number of hydrogen-bond acceptors (Lipinski definition) is 3. The minimum atomic E-state index is 0.673. The van der Waals surface area contributed by atoms with E-state index in [0.717, 1.165) is 9.22 Å².